The first kappa shape index (κ1) is 18.1. The van der Waals surface area contributed by atoms with Gasteiger partial charge in [0.1, 0.15) is 5.82 Å². The molecule has 138 valence electrons. The minimum absolute atomic E-state index is 0.176. The van der Waals surface area contributed by atoms with Gasteiger partial charge in [-0.2, -0.15) is 0 Å². The van der Waals surface area contributed by atoms with Crippen LogP contribution in [-0.4, -0.2) is 42.3 Å². The maximum Gasteiger partial charge on any atom is 0.319 e. The van der Waals surface area contributed by atoms with Crippen molar-refractivity contribution in [3.8, 4) is 11.4 Å². The van der Waals surface area contributed by atoms with E-state index < -0.39 is 0 Å². The van der Waals surface area contributed by atoms with Crippen molar-refractivity contribution in [1.82, 2.24) is 20.6 Å². The minimum Gasteiger partial charge on any atom is -0.384 e. The van der Waals surface area contributed by atoms with Crippen molar-refractivity contribution < 1.29 is 9.53 Å². The zero-order valence-electron chi connectivity index (χ0n) is 14.8. The largest absolute Gasteiger partial charge is 0.384 e. The van der Waals surface area contributed by atoms with Gasteiger partial charge in [-0.25, -0.2) is 14.8 Å². The van der Waals surface area contributed by atoms with E-state index in [4.69, 9.17) is 10.5 Å². The van der Waals surface area contributed by atoms with Gasteiger partial charge in [-0.15, -0.1) is 0 Å². The second kappa shape index (κ2) is 8.59. The molecule has 1 aromatic heterocycles. The number of hydrogen-bond donors (Lipinski definition) is 4. The van der Waals surface area contributed by atoms with Gasteiger partial charge in [0, 0.05) is 43.6 Å². The lowest BCUT2D eigenvalue weighted by molar-refractivity contribution is 0.199. The second-order valence-electron chi connectivity index (χ2n) is 6.23. The average Bonchev–Trinajstić information content (AvgIpc) is 3.43. The summed E-state index contributed by atoms with van der Waals surface area (Å²) in [5.41, 5.74) is 8.28. The lowest BCUT2D eigenvalue weighted by Crippen LogP contribution is -2.30. The highest BCUT2D eigenvalue weighted by atomic mass is 16.5. The average molecular weight is 356 g/mol. The molecule has 1 saturated carbocycles. The van der Waals surface area contributed by atoms with Crippen LogP contribution in [0, 0.1) is 0 Å². The van der Waals surface area contributed by atoms with Crippen LogP contribution in [0.5, 0.6) is 0 Å². The zero-order valence-corrected chi connectivity index (χ0v) is 14.8. The summed E-state index contributed by atoms with van der Waals surface area (Å²) in [6.45, 7) is 1.96. The number of methoxy groups -OCH3 is 1. The molecule has 1 heterocycles. The maximum absolute atomic E-state index is 11.8. The van der Waals surface area contributed by atoms with E-state index in [1.165, 1.54) is 0 Å². The van der Waals surface area contributed by atoms with Crippen LogP contribution in [0.4, 0.5) is 16.3 Å². The van der Waals surface area contributed by atoms with E-state index in [9.17, 15) is 4.79 Å². The molecule has 0 radical (unpaired) electrons. The molecule has 2 amide bonds. The number of rotatable bonds is 8. The Morgan fingerprint density at radius 3 is 2.73 bits per heavy atom. The normalized spacial score (nSPS) is 13.4. The third-order valence-corrected chi connectivity index (χ3v) is 3.90. The van der Waals surface area contributed by atoms with E-state index in [0.717, 1.165) is 36.3 Å². The van der Waals surface area contributed by atoms with Crippen LogP contribution in [0.3, 0.4) is 0 Å². The maximum atomic E-state index is 11.8. The van der Waals surface area contributed by atoms with Crippen LogP contribution >= 0.6 is 0 Å². The molecule has 3 rings (SSSR count). The van der Waals surface area contributed by atoms with E-state index >= 15 is 0 Å². The number of urea groups is 1. The Hall–Kier alpha value is -2.71. The number of anilines is 2. The van der Waals surface area contributed by atoms with E-state index in [1.807, 2.05) is 24.3 Å². The molecule has 1 fully saturated rings. The van der Waals surface area contributed by atoms with E-state index in [-0.39, 0.29) is 6.03 Å². The third-order valence-electron chi connectivity index (χ3n) is 3.90. The molecule has 1 aliphatic rings. The summed E-state index contributed by atoms with van der Waals surface area (Å²) < 4.78 is 5.01. The first-order valence-corrected chi connectivity index (χ1v) is 8.65. The zero-order chi connectivity index (χ0) is 18.4. The summed E-state index contributed by atoms with van der Waals surface area (Å²) in [4.78, 5) is 20.6. The number of amides is 2. The highest BCUT2D eigenvalue weighted by Gasteiger charge is 2.23. The summed E-state index contributed by atoms with van der Waals surface area (Å²) in [6.07, 6.45) is 2.11. The monoisotopic (exact) mass is 356 g/mol. The van der Waals surface area contributed by atoms with Crippen molar-refractivity contribution in [3.63, 3.8) is 0 Å². The molecule has 0 unspecified atom stereocenters. The highest BCUT2D eigenvalue weighted by molar-refractivity contribution is 5.89. The van der Waals surface area contributed by atoms with Gasteiger partial charge in [-0.1, -0.05) is 0 Å². The molecule has 8 heteroatoms. The standard InChI is InChI=1S/C18H24N6O2/c1-26-9-8-20-11-15-10-16(19)24-17(21-15)12-2-4-13(5-3-12)22-18(25)23-14-6-7-14/h2-5,10,14,20H,6-9,11H2,1H3,(H2,19,21,24)(H2,22,23,25). The van der Waals surface area contributed by atoms with Gasteiger partial charge in [-0.3, -0.25) is 0 Å². The molecular weight excluding hydrogens is 332 g/mol. The molecule has 5 N–H and O–H groups in total. The molecule has 0 aliphatic heterocycles. The molecule has 0 spiro atoms. The summed E-state index contributed by atoms with van der Waals surface area (Å²) in [7, 11) is 1.66. The fourth-order valence-electron chi connectivity index (χ4n) is 2.41. The number of nitrogen functional groups attached to an aromatic ring is 1. The molecule has 0 atom stereocenters. The number of aromatic nitrogens is 2. The first-order valence-electron chi connectivity index (χ1n) is 8.65. The lowest BCUT2D eigenvalue weighted by atomic mass is 10.2. The third kappa shape index (κ3) is 5.40. The van der Waals surface area contributed by atoms with Crippen molar-refractivity contribution in [2.45, 2.75) is 25.4 Å². The van der Waals surface area contributed by atoms with Gasteiger partial charge in [-0.05, 0) is 37.1 Å². The Balaban J connectivity index is 1.63. The predicted octanol–water partition coefficient (Wildman–Crippen LogP) is 1.75. The highest BCUT2D eigenvalue weighted by Crippen LogP contribution is 2.21. The smallest absolute Gasteiger partial charge is 0.319 e. The second-order valence-corrected chi connectivity index (χ2v) is 6.23. The minimum atomic E-state index is -0.176. The fourth-order valence-corrected chi connectivity index (χ4v) is 2.41. The number of nitrogens with one attached hydrogen (secondary N) is 3. The van der Waals surface area contributed by atoms with Crippen LogP contribution in [0.2, 0.25) is 0 Å². The molecule has 1 aliphatic carbocycles. The number of nitrogens with two attached hydrogens (primary N) is 1. The molecule has 0 saturated heterocycles. The van der Waals surface area contributed by atoms with Crippen LogP contribution in [-0.2, 0) is 11.3 Å². The predicted molar refractivity (Wildman–Crippen MR) is 101 cm³/mol. The Kier molecular flexibility index (Phi) is 5.98. The first-order chi connectivity index (χ1) is 12.6. The molecule has 0 bridgehead atoms. The quantitative estimate of drug-likeness (QED) is 0.536. The lowest BCUT2D eigenvalue weighted by Gasteiger charge is -2.09. The van der Waals surface area contributed by atoms with Crippen LogP contribution in [0.15, 0.2) is 30.3 Å². The van der Waals surface area contributed by atoms with Gasteiger partial charge in [0.25, 0.3) is 0 Å². The topological polar surface area (TPSA) is 114 Å². The summed E-state index contributed by atoms with van der Waals surface area (Å²) in [6, 6.07) is 9.28. The number of hydrogen-bond acceptors (Lipinski definition) is 6. The van der Waals surface area contributed by atoms with Crippen molar-refractivity contribution in [2.24, 2.45) is 0 Å². The van der Waals surface area contributed by atoms with Crippen molar-refractivity contribution in [2.75, 3.05) is 31.3 Å². The number of ether oxygens (including phenoxy) is 1. The van der Waals surface area contributed by atoms with Gasteiger partial charge < -0.3 is 26.4 Å². The van der Waals surface area contributed by atoms with Gasteiger partial charge in [0.2, 0.25) is 0 Å². The number of carbonyl (C=O) groups is 1. The van der Waals surface area contributed by atoms with Gasteiger partial charge in [0.05, 0.1) is 12.3 Å². The van der Waals surface area contributed by atoms with Gasteiger partial charge in [0.15, 0.2) is 5.82 Å². The van der Waals surface area contributed by atoms with Gasteiger partial charge >= 0.3 is 6.03 Å². The van der Waals surface area contributed by atoms with E-state index in [0.29, 0.717) is 30.8 Å². The number of benzene rings is 1. The van der Waals surface area contributed by atoms with Crippen molar-refractivity contribution in [3.05, 3.63) is 36.0 Å². The SMILES string of the molecule is COCCNCc1cc(N)nc(-c2ccc(NC(=O)NC3CC3)cc2)n1. The Morgan fingerprint density at radius 1 is 1.27 bits per heavy atom. The molecule has 2 aromatic rings. The fraction of sp³-hybridized carbons (Fsp3) is 0.389. The summed E-state index contributed by atoms with van der Waals surface area (Å²) in [5, 5.41) is 8.94. The van der Waals surface area contributed by atoms with Crippen LogP contribution < -0.4 is 21.7 Å². The molecule has 26 heavy (non-hydrogen) atoms. The van der Waals surface area contributed by atoms with Crippen molar-refractivity contribution in [1.29, 1.82) is 0 Å². The summed E-state index contributed by atoms with van der Waals surface area (Å²) >= 11 is 0. The Labute approximate surface area is 152 Å². The molecule has 1 aromatic carbocycles. The van der Waals surface area contributed by atoms with E-state index in [1.54, 1.807) is 13.2 Å². The molecular formula is C18H24N6O2. The Morgan fingerprint density at radius 2 is 2.04 bits per heavy atom. The molecule has 8 nitrogen and oxygen atoms in total. The number of nitrogens with zero attached hydrogens (tertiary/aromatic N) is 2. The van der Waals surface area contributed by atoms with E-state index in [2.05, 4.69) is 25.9 Å². The van der Waals surface area contributed by atoms with Crippen molar-refractivity contribution >= 4 is 17.5 Å². The van der Waals surface area contributed by atoms with Crippen LogP contribution in [0.25, 0.3) is 11.4 Å². The Bertz CT molecular complexity index is 746. The number of carbonyl (C=O) groups excluding carboxylic acids is 1. The van der Waals surface area contributed by atoms with Crippen LogP contribution in [0.1, 0.15) is 18.5 Å². The summed E-state index contributed by atoms with van der Waals surface area (Å²) in [5.74, 6) is 0.979.